The molecule has 1 aromatic rings. The number of ether oxygens (including phenoxy) is 5. The highest BCUT2D eigenvalue weighted by Crippen LogP contribution is 2.30. The molecule has 0 aliphatic carbocycles. The van der Waals surface area contributed by atoms with Gasteiger partial charge in [-0.3, -0.25) is 0 Å². The Bertz CT molecular complexity index is 509. The number of hydrogen-bond donors (Lipinski definition) is 2. The Kier molecular flexibility index (Phi) is 12.8. The summed E-state index contributed by atoms with van der Waals surface area (Å²) in [7, 11) is 3.35. The van der Waals surface area contributed by atoms with Gasteiger partial charge in [-0.25, -0.2) is 0 Å². The Balaban J connectivity index is 2.31. The highest BCUT2D eigenvalue weighted by Gasteiger charge is 2.12. The van der Waals surface area contributed by atoms with Gasteiger partial charge >= 0.3 is 0 Å². The fourth-order valence-electron chi connectivity index (χ4n) is 2.70. The second-order valence-corrected chi connectivity index (χ2v) is 6.32. The Labute approximate surface area is 162 Å². The summed E-state index contributed by atoms with van der Waals surface area (Å²) < 4.78 is 27.1. The molecule has 1 unspecified atom stereocenters. The smallest absolute Gasteiger partial charge is 0.122 e. The van der Waals surface area contributed by atoms with Crippen LogP contribution in [0.1, 0.15) is 24.5 Å². The van der Waals surface area contributed by atoms with Gasteiger partial charge < -0.3 is 34.5 Å². The van der Waals surface area contributed by atoms with Crippen LogP contribution in [0.3, 0.4) is 0 Å². The first-order valence-corrected chi connectivity index (χ1v) is 9.45. The Morgan fingerprint density at radius 1 is 0.852 bits per heavy atom. The standard InChI is InChI=1S/C20H35NO6/c1-16(21)13-18-15-19(23-2)17(14-20(18)24-3)5-4-7-25-9-11-27-12-10-26-8-6-22/h14-16,22H,4-13,21H2,1-3H3. The van der Waals surface area contributed by atoms with Gasteiger partial charge in [0.1, 0.15) is 11.5 Å². The lowest BCUT2D eigenvalue weighted by Gasteiger charge is -2.16. The van der Waals surface area contributed by atoms with E-state index in [1.165, 1.54) is 0 Å². The fraction of sp³-hybridized carbons (Fsp3) is 0.700. The highest BCUT2D eigenvalue weighted by atomic mass is 16.5. The molecule has 1 atom stereocenters. The lowest BCUT2D eigenvalue weighted by molar-refractivity contribution is 0.00743. The molecular weight excluding hydrogens is 350 g/mol. The lowest BCUT2D eigenvalue weighted by Crippen LogP contribution is -2.18. The van der Waals surface area contributed by atoms with Gasteiger partial charge in [-0.15, -0.1) is 0 Å². The van der Waals surface area contributed by atoms with E-state index in [1.807, 2.05) is 19.1 Å². The van der Waals surface area contributed by atoms with Crippen LogP contribution in [0.2, 0.25) is 0 Å². The van der Waals surface area contributed by atoms with Gasteiger partial charge in [-0.1, -0.05) is 0 Å². The van der Waals surface area contributed by atoms with E-state index in [1.54, 1.807) is 14.2 Å². The van der Waals surface area contributed by atoms with E-state index in [0.717, 1.165) is 41.9 Å². The van der Waals surface area contributed by atoms with E-state index in [4.69, 9.17) is 34.5 Å². The number of nitrogens with two attached hydrogens (primary N) is 1. The van der Waals surface area contributed by atoms with Crippen molar-refractivity contribution >= 4 is 0 Å². The first-order chi connectivity index (χ1) is 13.1. The number of hydrogen-bond acceptors (Lipinski definition) is 7. The molecule has 156 valence electrons. The third kappa shape index (κ3) is 9.93. The molecule has 3 N–H and O–H groups in total. The van der Waals surface area contributed by atoms with Gasteiger partial charge in [0.25, 0.3) is 0 Å². The van der Waals surface area contributed by atoms with E-state index < -0.39 is 0 Å². The van der Waals surface area contributed by atoms with E-state index in [0.29, 0.717) is 39.6 Å². The number of benzene rings is 1. The number of aliphatic hydroxyl groups is 1. The second kappa shape index (κ2) is 14.6. The molecule has 0 saturated heterocycles. The largest absolute Gasteiger partial charge is 0.496 e. The minimum absolute atomic E-state index is 0.0363. The molecule has 27 heavy (non-hydrogen) atoms. The Morgan fingerprint density at radius 2 is 1.37 bits per heavy atom. The van der Waals surface area contributed by atoms with E-state index in [9.17, 15) is 0 Å². The Hall–Kier alpha value is -1.38. The van der Waals surface area contributed by atoms with Gasteiger partial charge in [0.2, 0.25) is 0 Å². The molecular formula is C20H35NO6. The number of methoxy groups -OCH3 is 2. The maximum Gasteiger partial charge on any atom is 0.122 e. The van der Waals surface area contributed by atoms with Crippen molar-refractivity contribution in [1.29, 1.82) is 0 Å². The van der Waals surface area contributed by atoms with Crippen molar-refractivity contribution in [3.63, 3.8) is 0 Å². The van der Waals surface area contributed by atoms with Gasteiger partial charge in [0.05, 0.1) is 53.9 Å². The van der Waals surface area contributed by atoms with Crippen molar-refractivity contribution in [1.82, 2.24) is 0 Å². The highest BCUT2D eigenvalue weighted by molar-refractivity contribution is 5.47. The summed E-state index contributed by atoms with van der Waals surface area (Å²) in [6.45, 7) is 5.09. The van der Waals surface area contributed by atoms with Crippen LogP contribution in [0.4, 0.5) is 0 Å². The third-order valence-corrected chi connectivity index (χ3v) is 3.94. The zero-order valence-corrected chi connectivity index (χ0v) is 16.9. The van der Waals surface area contributed by atoms with E-state index >= 15 is 0 Å². The summed E-state index contributed by atoms with van der Waals surface area (Å²) in [4.78, 5) is 0. The maximum atomic E-state index is 8.58. The van der Waals surface area contributed by atoms with Gasteiger partial charge in [0.15, 0.2) is 0 Å². The molecule has 0 bridgehead atoms. The van der Waals surface area contributed by atoms with Gasteiger partial charge in [-0.05, 0) is 49.4 Å². The second-order valence-electron chi connectivity index (χ2n) is 6.32. The van der Waals surface area contributed by atoms with Gasteiger partial charge in [0, 0.05) is 12.6 Å². The van der Waals surface area contributed by atoms with Crippen molar-refractivity contribution in [2.24, 2.45) is 5.73 Å². The summed E-state index contributed by atoms with van der Waals surface area (Å²) in [6.07, 6.45) is 2.47. The summed E-state index contributed by atoms with van der Waals surface area (Å²) in [5.74, 6) is 1.71. The molecule has 0 heterocycles. The van der Waals surface area contributed by atoms with Crippen LogP contribution in [-0.4, -0.2) is 71.6 Å². The van der Waals surface area contributed by atoms with Crippen LogP contribution in [0.25, 0.3) is 0 Å². The Morgan fingerprint density at radius 3 is 1.93 bits per heavy atom. The third-order valence-electron chi connectivity index (χ3n) is 3.94. The maximum absolute atomic E-state index is 8.58. The molecule has 7 nitrogen and oxygen atoms in total. The van der Waals surface area contributed by atoms with Crippen molar-refractivity contribution in [2.75, 3.05) is 60.5 Å². The average molecular weight is 386 g/mol. The summed E-state index contributed by atoms with van der Waals surface area (Å²) in [5.41, 5.74) is 8.08. The predicted molar refractivity (Wildman–Crippen MR) is 105 cm³/mol. The first-order valence-electron chi connectivity index (χ1n) is 9.45. The number of aryl methyl sites for hydroxylation is 1. The normalized spacial score (nSPS) is 12.2. The van der Waals surface area contributed by atoms with Crippen LogP contribution >= 0.6 is 0 Å². The molecule has 1 rings (SSSR count). The zero-order valence-electron chi connectivity index (χ0n) is 16.9. The molecule has 0 amide bonds. The van der Waals surface area contributed by atoms with Crippen LogP contribution < -0.4 is 15.2 Å². The van der Waals surface area contributed by atoms with Crippen LogP contribution in [-0.2, 0) is 27.1 Å². The molecule has 0 aromatic heterocycles. The molecule has 0 aliphatic heterocycles. The molecule has 0 radical (unpaired) electrons. The van der Waals surface area contributed by atoms with Crippen molar-refractivity contribution in [3.05, 3.63) is 23.3 Å². The average Bonchev–Trinajstić information content (AvgIpc) is 2.66. The van der Waals surface area contributed by atoms with Crippen molar-refractivity contribution < 1.29 is 28.8 Å². The molecule has 0 saturated carbocycles. The molecule has 7 heteroatoms. The molecule has 0 fully saturated rings. The molecule has 0 spiro atoms. The summed E-state index contributed by atoms with van der Waals surface area (Å²) in [6, 6.07) is 4.11. The van der Waals surface area contributed by atoms with Crippen molar-refractivity contribution in [3.8, 4) is 11.5 Å². The van der Waals surface area contributed by atoms with Crippen LogP contribution in [0, 0.1) is 0 Å². The fourth-order valence-corrected chi connectivity index (χ4v) is 2.70. The minimum Gasteiger partial charge on any atom is -0.496 e. The topological polar surface area (TPSA) is 92.4 Å². The number of rotatable bonds is 16. The minimum atomic E-state index is 0.0363. The SMILES string of the molecule is COc1cc(CC(C)N)c(OC)cc1CCCOCCOCCOCCO. The van der Waals surface area contributed by atoms with Gasteiger partial charge in [-0.2, -0.15) is 0 Å². The first kappa shape index (κ1) is 23.7. The van der Waals surface area contributed by atoms with E-state index in [2.05, 4.69) is 0 Å². The van der Waals surface area contributed by atoms with E-state index in [-0.39, 0.29) is 12.6 Å². The monoisotopic (exact) mass is 385 g/mol. The summed E-state index contributed by atoms with van der Waals surface area (Å²) in [5, 5.41) is 8.58. The lowest BCUT2D eigenvalue weighted by atomic mass is 10.0. The molecule has 0 aliphatic rings. The van der Waals surface area contributed by atoms with Crippen LogP contribution in [0.15, 0.2) is 12.1 Å². The van der Waals surface area contributed by atoms with Crippen LogP contribution in [0.5, 0.6) is 11.5 Å². The quantitative estimate of drug-likeness (QED) is 0.417. The zero-order chi connectivity index (χ0) is 19.9. The number of aliphatic hydroxyl groups excluding tert-OH is 1. The predicted octanol–water partition coefficient (Wildman–Crippen LogP) is 1.57. The summed E-state index contributed by atoms with van der Waals surface area (Å²) >= 11 is 0. The molecule has 1 aromatic carbocycles. The van der Waals surface area contributed by atoms with Crippen molar-refractivity contribution in [2.45, 2.75) is 32.2 Å².